The van der Waals surface area contributed by atoms with Crippen molar-refractivity contribution in [3.05, 3.63) is 34.6 Å². The van der Waals surface area contributed by atoms with Crippen LogP contribution in [0.2, 0.25) is 0 Å². The number of benzene rings is 1. The molecule has 8 heteroatoms. The molecule has 0 N–H and O–H groups in total. The Labute approximate surface area is 125 Å². The topological polar surface area (TPSA) is 25.8 Å². The zero-order chi connectivity index (χ0) is 14.9. The summed E-state index contributed by atoms with van der Waals surface area (Å²) in [6.07, 6.45) is -3.94. The van der Waals surface area contributed by atoms with Crippen LogP contribution in [0.3, 0.4) is 0 Å². The number of rotatable bonds is 3. The monoisotopic (exact) mass is 368 g/mol. The van der Waals surface area contributed by atoms with Crippen molar-refractivity contribution in [2.45, 2.75) is 24.3 Å². The summed E-state index contributed by atoms with van der Waals surface area (Å²) in [7, 11) is 0. The predicted molar refractivity (Wildman–Crippen MR) is 72.3 cm³/mol. The van der Waals surface area contributed by atoms with Crippen LogP contribution in [0.15, 0.2) is 18.2 Å². The van der Waals surface area contributed by atoms with E-state index in [9.17, 15) is 17.6 Å². The molecule has 2 rings (SSSR count). The van der Waals surface area contributed by atoms with E-state index in [0.717, 1.165) is 18.6 Å². The van der Waals surface area contributed by atoms with E-state index in [2.05, 4.69) is 26.1 Å². The second-order valence-corrected chi connectivity index (χ2v) is 6.13. The van der Waals surface area contributed by atoms with E-state index in [4.69, 9.17) is 0 Å². The molecule has 2 nitrogen and oxygen atoms in total. The van der Waals surface area contributed by atoms with Crippen molar-refractivity contribution in [3.63, 3.8) is 0 Å². The van der Waals surface area contributed by atoms with Gasteiger partial charge in [0.05, 0.1) is 10.4 Å². The van der Waals surface area contributed by atoms with E-state index >= 15 is 0 Å². The molecule has 0 saturated heterocycles. The molecule has 0 aliphatic heterocycles. The Hall–Kier alpha value is -1.02. The molecule has 1 heterocycles. The Morgan fingerprint density at radius 2 is 2.00 bits per heavy atom. The molecule has 0 saturated carbocycles. The smallest absolute Gasteiger partial charge is 0.206 e. The third-order valence-corrected chi connectivity index (χ3v) is 5.06. The van der Waals surface area contributed by atoms with Gasteiger partial charge < -0.3 is 0 Å². The summed E-state index contributed by atoms with van der Waals surface area (Å²) < 4.78 is 51.2. The van der Waals surface area contributed by atoms with E-state index in [-0.39, 0.29) is 10.4 Å². The van der Waals surface area contributed by atoms with E-state index in [1.54, 1.807) is 0 Å². The molecule has 1 aromatic heterocycles. The first kappa shape index (κ1) is 15.4. The maximum atomic E-state index is 13.2. The lowest BCUT2D eigenvalue weighted by molar-refractivity contribution is -0.139. The quantitative estimate of drug-likeness (QED) is 0.548. The van der Waals surface area contributed by atoms with Gasteiger partial charge in [-0.25, -0.2) is 4.39 Å². The highest BCUT2D eigenvalue weighted by Crippen LogP contribution is 2.36. The Morgan fingerprint density at radius 1 is 1.30 bits per heavy atom. The number of hydrogen-bond donors (Lipinski definition) is 0. The summed E-state index contributed by atoms with van der Waals surface area (Å²) in [6, 6.07) is 2.82. The zero-order valence-electron chi connectivity index (χ0n) is 10.2. The maximum absolute atomic E-state index is 13.2. The first-order valence-corrected chi connectivity index (χ1v) is 7.40. The van der Waals surface area contributed by atoms with Gasteiger partial charge in [0.15, 0.2) is 0 Å². The molecule has 20 heavy (non-hydrogen) atoms. The summed E-state index contributed by atoms with van der Waals surface area (Å²) in [6.45, 7) is 1.94. The van der Waals surface area contributed by atoms with Crippen LogP contribution in [-0.4, -0.2) is 10.2 Å². The molecule has 108 valence electrons. The molecule has 1 atom stereocenters. The second-order valence-electron chi connectivity index (χ2n) is 4.01. The summed E-state index contributed by atoms with van der Waals surface area (Å²) in [5.74, 6) is -1.29. The molecular weight excluding hydrogens is 360 g/mol. The van der Waals surface area contributed by atoms with Crippen molar-refractivity contribution in [1.29, 1.82) is 0 Å². The summed E-state index contributed by atoms with van der Waals surface area (Å²) >= 11 is 4.58. The van der Waals surface area contributed by atoms with Crippen LogP contribution in [0.4, 0.5) is 17.6 Å². The summed E-state index contributed by atoms with van der Waals surface area (Å²) in [5, 5.41) is 8.80. The Kier molecular flexibility index (Phi) is 4.43. The molecule has 0 amide bonds. The first-order valence-electron chi connectivity index (χ1n) is 5.67. The Bertz CT molecular complexity index is 612. The second kappa shape index (κ2) is 5.77. The fraction of sp³-hybridized carbons (Fsp3) is 0.333. The molecule has 0 aliphatic rings. The van der Waals surface area contributed by atoms with Crippen LogP contribution in [0.5, 0.6) is 0 Å². The lowest BCUT2D eigenvalue weighted by Gasteiger charge is -2.08. The highest BCUT2D eigenvalue weighted by molar-refractivity contribution is 9.09. The van der Waals surface area contributed by atoms with Crippen LogP contribution >= 0.6 is 27.3 Å². The molecule has 2 aromatic rings. The van der Waals surface area contributed by atoms with E-state index < -0.39 is 17.6 Å². The minimum Gasteiger partial charge on any atom is -0.206 e. The molecule has 0 aliphatic carbocycles. The number of alkyl halides is 4. The van der Waals surface area contributed by atoms with E-state index in [1.807, 2.05) is 6.92 Å². The molecular formula is C12H9BrF4N2S. The lowest BCUT2D eigenvalue weighted by Crippen LogP contribution is -2.08. The zero-order valence-corrected chi connectivity index (χ0v) is 12.6. The van der Waals surface area contributed by atoms with Gasteiger partial charge in [-0.15, -0.1) is 10.2 Å². The number of halogens is 5. The standard InChI is InChI=1S/C12H9BrF4N2S/c1-2-8(13)11-19-18-10(20-11)6-3-4-9(14)7(5-6)12(15,16)17/h3-5,8H,2H2,1H3. The van der Waals surface area contributed by atoms with Gasteiger partial charge in [0, 0.05) is 5.56 Å². The van der Waals surface area contributed by atoms with Crippen LogP contribution in [0.25, 0.3) is 10.6 Å². The van der Waals surface area contributed by atoms with Crippen molar-refractivity contribution in [3.8, 4) is 10.6 Å². The molecule has 0 bridgehead atoms. The predicted octanol–water partition coefficient (Wildman–Crippen LogP) is 5.21. The van der Waals surface area contributed by atoms with Gasteiger partial charge in [-0.1, -0.05) is 34.2 Å². The molecule has 1 aromatic carbocycles. The minimum atomic E-state index is -4.73. The van der Waals surface area contributed by atoms with Gasteiger partial charge in [0.2, 0.25) is 0 Å². The van der Waals surface area contributed by atoms with Crippen LogP contribution in [-0.2, 0) is 6.18 Å². The van der Waals surface area contributed by atoms with E-state index in [1.165, 1.54) is 17.4 Å². The molecule has 1 unspecified atom stereocenters. The van der Waals surface area contributed by atoms with Gasteiger partial charge in [-0.05, 0) is 24.6 Å². The fourth-order valence-electron chi connectivity index (χ4n) is 1.53. The lowest BCUT2D eigenvalue weighted by atomic mass is 10.1. The SMILES string of the molecule is CCC(Br)c1nnc(-c2ccc(F)c(C(F)(F)F)c2)s1. The van der Waals surface area contributed by atoms with Crippen LogP contribution in [0.1, 0.15) is 28.7 Å². The molecule has 0 fully saturated rings. The van der Waals surface area contributed by atoms with Crippen molar-refractivity contribution >= 4 is 27.3 Å². The third-order valence-electron chi connectivity index (χ3n) is 2.59. The van der Waals surface area contributed by atoms with Crippen molar-refractivity contribution in [2.75, 3.05) is 0 Å². The normalized spacial score (nSPS) is 13.5. The Balaban J connectivity index is 2.41. The van der Waals surface area contributed by atoms with Crippen molar-refractivity contribution < 1.29 is 17.6 Å². The van der Waals surface area contributed by atoms with Crippen LogP contribution < -0.4 is 0 Å². The van der Waals surface area contributed by atoms with Gasteiger partial charge in [-0.3, -0.25) is 0 Å². The van der Waals surface area contributed by atoms with E-state index in [0.29, 0.717) is 10.0 Å². The fourth-order valence-corrected chi connectivity index (χ4v) is 2.80. The maximum Gasteiger partial charge on any atom is 0.419 e. The molecule has 0 radical (unpaired) electrons. The van der Waals surface area contributed by atoms with Crippen LogP contribution in [0, 0.1) is 5.82 Å². The average molecular weight is 369 g/mol. The highest BCUT2D eigenvalue weighted by Gasteiger charge is 2.34. The van der Waals surface area contributed by atoms with Gasteiger partial charge in [0.25, 0.3) is 0 Å². The third kappa shape index (κ3) is 3.17. The number of aromatic nitrogens is 2. The van der Waals surface area contributed by atoms with Gasteiger partial charge in [-0.2, -0.15) is 13.2 Å². The van der Waals surface area contributed by atoms with Crippen molar-refractivity contribution in [1.82, 2.24) is 10.2 Å². The minimum absolute atomic E-state index is 0.0104. The Morgan fingerprint density at radius 3 is 2.60 bits per heavy atom. The van der Waals surface area contributed by atoms with Gasteiger partial charge >= 0.3 is 6.18 Å². The average Bonchev–Trinajstić information content (AvgIpc) is 2.86. The van der Waals surface area contributed by atoms with Crippen molar-refractivity contribution in [2.24, 2.45) is 0 Å². The van der Waals surface area contributed by atoms with Gasteiger partial charge in [0.1, 0.15) is 15.8 Å². The molecule has 0 spiro atoms. The number of hydrogen-bond acceptors (Lipinski definition) is 3. The summed E-state index contributed by atoms with van der Waals surface area (Å²) in [4.78, 5) is 0.0104. The number of nitrogens with zero attached hydrogens (tertiary/aromatic N) is 2. The summed E-state index contributed by atoms with van der Waals surface area (Å²) in [5.41, 5.74) is -1.09. The largest absolute Gasteiger partial charge is 0.419 e. The highest BCUT2D eigenvalue weighted by atomic mass is 79.9. The first-order chi connectivity index (χ1) is 9.32.